The maximum atomic E-state index is 8.92. The number of aliphatic hydroxyl groups is 1. The van der Waals surface area contributed by atoms with Crippen LogP contribution in [-0.2, 0) is 4.43 Å². The molecule has 0 aromatic rings. The number of hydrogen-bond acceptors (Lipinski definition) is 2. The van der Waals surface area contributed by atoms with E-state index in [1.54, 1.807) is 0 Å². The van der Waals surface area contributed by atoms with Crippen LogP contribution in [0.2, 0.25) is 18.1 Å². The molecule has 0 amide bonds. The molecule has 0 saturated carbocycles. The second kappa shape index (κ2) is 11.1. The lowest BCUT2D eigenvalue weighted by Crippen LogP contribution is -2.45. The van der Waals surface area contributed by atoms with Crippen molar-refractivity contribution in [2.45, 2.75) is 86.0 Å². The Balaban J connectivity index is 5.29. The quantitative estimate of drug-likeness (QED) is 0.271. The van der Waals surface area contributed by atoms with Crippen molar-refractivity contribution in [1.82, 2.24) is 0 Å². The molecule has 1 N–H and O–H groups in total. The molecule has 0 aliphatic rings. The summed E-state index contributed by atoms with van der Waals surface area (Å²) in [5.74, 6) is 0.319. The van der Waals surface area contributed by atoms with Crippen LogP contribution in [0.1, 0.15) is 61.8 Å². The highest BCUT2D eigenvalue weighted by Crippen LogP contribution is 2.39. The smallest absolute Gasteiger partial charge is 0.192 e. The largest absolute Gasteiger partial charge is 0.410 e. The second-order valence-electron chi connectivity index (χ2n) is 8.94. The van der Waals surface area contributed by atoms with Crippen molar-refractivity contribution in [3.05, 3.63) is 47.1 Å². The fourth-order valence-electron chi connectivity index (χ4n) is 2.50. The molecule has 0 aromatic carbocycles. The summed E-state index contributed by atoms with van der Waals surface area (Å²) >= 11 is 0. The van der Waals surface area contributed by atoms with Crippen LogP contribution < -0.4 is 0 Å². The van der Waals surface area contributed by atoms with Gasteiger partial charge in [-0.2, -0.15) is 0 Å². The molecular weight excluding hydrogens is 336 g/mol. The predicted molar refractivity (Wildman–Crippen MR) is 119 cm³/mol. The molecule has 0 aromatic heterocycles. The molecule has 0 aliphatic heterocycles. The summed E-state index contributed by atoms with van der Waals surface area (Å²) in [5, 5.41) is 9.13. The fraction of sp³-hybridized carbons (Fsp3) is 0.652. The van der Waals surface area contributed by atoms with E-state index >= 15 is 0 Å². The van der Waals surface area contributed by atoms with Crippen LogP contribution in [0.4, 0.5) is 0 Å². The zero-order chi connectivity index (χ0) is 20.5. The summed E-state index contributed by atoms with van der Waals surface area (Å²) in [5.41, 5.74) is 3.74. The summed E-state index contributed by atoms with van der Waals surface area (Å²) < 4.78 is 6.76. The van der Waals surface area contributed by atoms with Crippen molar-refractivity contribution in [2.75, 3.05) is 6.61 Å². The third-order valence-corrected chi connectivity index (χ3v) is 9.85. The highest BCUT2D eigenvalue weighted by atomic mass is 28.4. The van der Waals surface area contributed by atoms with Gasteiger partial charge >= 0.3 is 0 Å². The first-order chi connectivity index (χ1) is 11.9. The number of aliphatic hydroxyl groups excluding tert-OH is 1. The van der Waals surface area contributed by atoms with E-state index in [0.717, 1.165) is 6.42 Å². The van der Waals surface area contributed by atoms with Gasteiger partial charge in [0.1, 0.15) is 0 Å². The summed E-state index contributed by atoms with van der Waals surface area (Å²) in [7, 11) is -1.83. The Bertz CT molecular complexity index is 545. The van der Waals surface area contributed by atoms with E-state index in [1.165, 1.54) is 16.7 Å². The Morgan fingerprint density at radius 3 is 2.19 bits per heavy atom. The van der Waals surface area contributed by atoms with E-state index in [9.17, 15) is 0 Å². The van der Waals surface area contributed by atoms with Crippen molar-refractivity contribution in [3.63, 3.8) is 0 Å². The van der Waals surface area contributed by atoms with Gasteiger partial charge in [-0.3, -0.25) is 0 Å². The lowest BCUT2D eigenvalue weighted by molar-refractivity contribution is 0.178. The molecule has 0 spiro atoms. The van der Waals surface area contributed by atoms with Gasteiger partial charge in [-0.1, -0.05) is 69.2 Å². The molecule has 0 bridgehead atoms. The molecule has 0 saturated heterocycles. The Labute approximate surface area is 163 Å². The Morgan fingerprint density at radius 1 is 1.15 bits per heavy atom. The minimum absolute atomic E-state index is 0.112. The first-order valence-electron chi connectivity index (χ1n) is 9.77. The summed E-state index contributed by atoms with van der Waals surface area (Å²) in [6.45, 7) is 22.3. The molecule has 0 fully saturated rings. The van der Waals surface area contributed by atoms with E-state index < -0.39 is 8.32 Å². The zero-order valence-electron chi connectivity index (χ0n) is 18.8. The lowest BCUT2D eigenvalue weighted by Gasteiger charge is -2.41. The maximum Gasteiger partial charge on any atom is 0.192 e. The topological polar surface area (TPSA) is 29.5 Å². The normalized spacial score (nSPS) is 17.7. The lowest BCUT2D eigenvalue weighted by atomic mass is 9.96. The van der Waals surface area contributed by atoms with E-state index in [0.29, 0.717) is 5.92 Å². The summed E-state index contributed by atoms with van der Waals surface area (Å²) in [6, 6.07) is 0. The average Bonchev–Trinajstić information content (AvgIpc) is 2.50. The van der Waals surface area contributed by atoms with E-state index in [1.807, 2.05) is 13.0 Å². The standard InChI is InChI=1S/C23H42O2Si/c1-11-20(4)22(25-26(9,10)23(6,7)8)21(5)17-19(3)14-12-13-18(2)15-16-24/h11-12,14-15,17,21-22,24H,13,16H2,1-10H3/b14-12+,18-15+,19-17+,20-11+/t21-,22+/m1/s1. The van der Waals surface area contributed by atoms with Crippen LogP contribution in [-0.4, -0.2) is 26.1 Å². The van der Waals surface area contributed by atoms with Crippen molar-refractivity contribution in [2.24, 2.45) is 5.92 Å². The molecular formula is C23H42O2Si. The van der Waals surface area contributed by atoms with Gasteiger partial charge in [0.25, 0.3) is 0 Å². The van der Waals surface area contributed by atoms with Gasteiger partial charge in [-0.05, 0) is 57.8 Å². The monoisotopic (exact) mass is 378 g/mol. The molecule has 26 heavy (non-hydrogen) atoms. The van der Waals surface area contributed by atoms with Crippen molar-refractivity contribution < 1.29 is 9.53 Å². The number of hydrogen-bond donors (Lipinski definition) is 1. The number of allylic oxidation sites excluding steroid dienone is 5. The molecule has 2 atom stereocenters. The average molecular weight is 379 g/mol. The highest BCUT2D eigenvalue weighted by Gasteiger charge is 2.40. The van der Waals surface area contributed by atoms with E-state index in [4.69, 9.17) is 9.53 Å². The van der Waals surface area contributed by atoms with Gasteiger partial charge in [-0.25, -0.2) is 0 Å². The van der Waals surface area contributed by atoms with E-state index in [-0.39, 0.29) is 17.7 Å². The highest BCUT2D eigenvalue weighted by molar-refractivity contribution is 6.74. The van der Waals surface area contributed by atoms with Crippen LogP contribution in [0, 0.1) is 5.92 Å². The molecule has 0 radical (unpaired) electrons. The molecule has 0 aliphatic carbocycles. The minimum Gasteiger partial charge on any atom is -0.410 e. The van der Waals surface area contributed by atoms with Gasteiger partial charge in [-0.15, -0.1) is 0 Å². The zero-order valence-corrected chi connectivity index (χ0v) is 19.8. The van der Waals surface area contributed by atoms with Crippen LogP contribution in [0.25, 0.3) is 0 Å². The van der Waals surface area contributed by atoms with Gasteiger partial charge < -0.3 is 9.53 Å². The molecule has 3 heteroatoms. The van der Waals surface area contributed by atoms with Crippen LogP contribution in [0.15, 0.2) is 47.1 Å². The summed E-state index contributed by atoms with van der Waals surface area (Å²) in [6.07, 6.45) is 11.7. The first-order valence-corrected chi connectivity index (χ1v) is 12.7. The van der Waals surface area contributed by atoms with Crippen molar-refractivity contribution in [1.29, 1.82) is 0 Å². The molecule has 0 rings (SSSR count). The van der Waals surface area contributed by atoms with Crippen molar-refractivity contribution in [3.8, 4) is 0 Å². The van der Waals surface area contributed by atoms with Gasteiger partial charge in [0, 0.05) is 5.92 Å². The molecule has 0 heterocycles. The van der Waals surface area contributed by atoms with Gasteiger partial charge in [0.05, 0.1) is 12.7 Å². The summed E-state index contributed by atoms with van der Waals surface area (Å²) in [4.78, 5) is 0. The fourth-order valence-corrected chi connectivity index (χ4v) is 3.89. The van der Waals surface area contributed by atoms with Crippen LogP contribution in [0.5, 0.6) is 0 Å². The molecule has 150 valence electrons. The second-order valence-corrected chi connectivity index (χ2v) is 13.7. The Hall–Kier alpha value is -0.903. The van der Waals surface area contributed by atoms with Gasteiger partial charge in [0.15, 0.2) is 8.32 Å². The van der Waals surface area contributed by atoms with Crippen molar-refractivity contribution >= 4 is 8.32 Å². The third kappa shape index (κ3) is 8.66. The minimum atomic E-state index is -1.83. The van der Waals surface area contributed by atoms with Gasteiger partial charge in [0.2, 0.25) is 0 Å². The first kappa shape index (κ1) is 25.1. The molecule has 2 nitrogen and oxygen atoms in total. The molecule has 0 unspecified atom stereocenters. The SMILES string of the molecule is C/C=C(\C)[C@H](O[Si](C)(C)C(C)(C)C)[C@H](C)/C=C(C)/C=C/C/C(C)=C/CO. The van der Waals surface area contributed by atoms with E-state index in [2.05, 4.69) is 85.9 Å². The van der Waals surface area contributed by atoms with Crippen LogP contribution in [0.3, 0.4) is 0 Å². The van der Waals surface area contributed by atoms with Crippen LogP contribution >= 0.6 is 0 Å². The maximum absolute atomic E-state index is 8.92. The Morgan fingerprint density at radius 2 is 1.73 bits per heavy atom. The Kier molecular flexibility index (Phi) is 10.7. The third-order valence-electron chi connectivity index (χ3n) is 5.40. The number of rotatable bonds is 9. The predicted octanol–water partition coefficient (Wildman–Crippen LogP) is 6.81.